The standard InChI is InChI=1S/C10H12ClF2NO/c1-14-4-3-6-5-7(12)9(13)8(11)10(6)15-2/h5,14H,3-4H2,1-2H3. The quantitative estimate of drug-likeness (QED) is 0.810. The molecule has 1 rings (SSSR count). The van der Waals surface area contributed by atoms with E-state index in [2.05, 4.69) is 5.32 Å². The predicted octanol–water partition coefficient (Wildman–Crippen LogP) is 2.39. The van der Waals surface area contributed by atoms with Crippen molar-refractivity contribution in [2.75, 3.05) is 20.7 Å². The summed E-state index contributed by atoms with van der Waals surface area (Å²) in [6.07, 6.45) is 0.524. The van der Waals surface area contributed by atoms with Gasteiger partial charge >= 0.3 is 0 Å². The number of hydrogen-bond donors (Lipinski definition) is 1. The number of likely N-dealkylation sites (N-methyl/N-ethyl adjacent to an activating group) is 1. The van der Waals surface area contributed by atoms with Crippen LogP contribution in [0.2, 0.25) is 5.02 Å². The van der Waals surface area contributed by atoms with Gasteiger partial charge in [0.1, 0.15) is 10.8 Å². The van der Waals surface area contributed by atoms with E-state index in [0.29, 0.717) is 18.5 Å². The Bertz CT molecular complexity index is 358. The first-order chi connectivity index (χ1) is 7.11. The first kappa shape index (κ1) is 12.2. The van der Waals surface area contributed by atoms with Crippen molar-refractivity contribution >= 4 is 11.6 Å². The van der Waals surface area contributed by atoms with E-state index in [1.54, 1.807) is 7.05 Å². The number of ether oxygens (including phenoxy) is 1. The SMILES string of the molecule is CNCCc1cc(F)c(F)c(Cl)c1OC. The second kappa shape index (κ2) is 5.28. The molecular weight excluding hydrogens is 224 g/mol. The van der Waals surface area contributed by atoms with Crippen LogP contribution in [0.15, 0.2) is 6.07 Å². The van der Waals surface area contributed by atoms with Crippen LogP contribution in [-0.2, 0) is 6.42 Å². The van der Waals surface area contributed by atoms with Crippen molar-refractivity contribution in [2.45, 2.75) is 6.42 Å². The van der Waals surface area contributed by atoms with Gasteiger partial charge in [0.2, 0.25) is 0 Å². The zero-order valence-corrected chi connectivity index (χ0v) is 9.29. The highest BCUT2D eigenvalue weighted by molar-refractivity contribution is 6.32. The van der Waals surface area contributed by atoms with Gasteiger partial charge in [0.05, 0.1) is 7.11 Å². The Morgan fingerprint density at radius 1 is 1.47 bits per heavy atom. The second-order valence-electron chi connectivity index (χ2n) is 3.03. The van der Waals surface area contributed by atoms with Gasteiger partial charge in [-0.1, -0.05) is 11.6 Å². The minimum Gasteiger partial charge on any atom is -0.495 e. The molecule has 0 aromatic heterocycles. The third-order valence-electron chi connectivity index (χ3n) is 2.04. The normalized spacial score (nSPS) is 10.5. The van der Waals surface area contributed by atoms with Crippen molar-refractivity contribution in [2.24, 2.45) is 0 Å². The van der Waals surface area contributed by atoms with Crippen LogP contribution in [0.25, 0.3) is 0 Å². The molecule has 0 aliphatic heterocycles. The van der Waals surface area contributed by atoms with Gasteiger partial charge in [0.25, 0.3) is 0 Å². The van der Waals surface area contributed by atoms with E-state index in [9.17, 15) is 8.78 Å². The van der Waals surface area contributed by atoms with E-state index in [4.69, 9.17) is 16.3 Å². The van der Waals surface area contributed by atoms with Crippen molar-refractivity contribution in [3.8, 4) is 5.75 Å². The fraction of sp³-hybridized carbons (Fsp3) is 0.400. The Balaban J connectivity index is 3.13. The molecule has 2 nitrogen and oxygen atoms in total. The molecule has 0 saturated carbocycles. The van der Waals surface area contributed by atoms with Crippen molar-refractivity contribution in [1.82, 2.24) is 5.32 Å². The monoisotopic (exact) mass is 235 g/mol. The molecule has 1 N–H and O–H groups in total. The Morgan fingerprint density at radius 3 is 2.67 bits per heavy atom. The molecule has 0 atom stereocenters. The molecule has 0 saturated heterocycles. The summed E-state index contributed by atoms with van der Waals surface area (Å²) in [6.45, 7) is 0.637. The molecular formula is C10H12ClF2NO. The first-order valence-corrected chi connectivity index (χ1v) is 4.84. The Kier molecular flexibility index (Phi) is 4.29. The van der Waals surface area contributed by atoms with Gasteiger partial charge in [-0.25, -0.2) is 8.78 Å². The first-order valence-electron chi connectivity index (χ1n) is 4.46. The van der Waals surface area contributed by atoms with Crippen LogP contribution in [-0.4, -0.2) is 20.7 Å². The largest absolute Gasteiger partial charge is 0.495 e. The van der Waals surface area contributed by atoms with Crippen molar-refractivity contribution in [3.63, 3.8) is 0 Å². The third-order valence-corrected chi connectivity index (χ3v) is 2.38. The highest BCUT2D eigenvalue weighted by Gasteiger charge is 2.17. The van der Waals surface area contributed by atoms with Crippen LogP contribution in [0, 0.1) is 11.6 Å². The lowest BCUT2D eigenvalue weighted by atomic mass is 10.1. The van der Waals surface area contributed by atoms with E-state index < -0.39 is 11.6 Å². The van der Waals surface area contributed by atoms with Crippen LogP contribution >= 0.6 is 11.6 Å². The van der Waals surface area contributed by atoms with Crippen LogP contribution in [0.3, 0.4) is 0 Å². The maximum absolute atomic E-state index is 13.1. The summed E-state index contributed by atoms with van der Waals surface area (Å²) in [7, 11) is 3.15. The van der Waals surface area contributed by atoms with Gasteiger partial charge in [0, 0.05) is 5.56 Å². The summed E-state index contributed by atoms with van der Waals surface area (Å²) in [5.41, 5.74) is 0.552. The lowest BCUT2D eigenvalue weighted by Gasteiger charge is -2.11. The minimum atomic E-state index is -1.07. The van der Waals surface area contributed by atoms with Crippen molar-refractivity contribution in [3.05, 3.63) is 28.3 Å². The van der Waals surface area contributed by atoms with E-state index >= 15 is 0 Å². The van der Waals surface area contributed by atoms with Gasteiger partial charge in [-0.2, -0.15) is 0 Å². The Hall–Kier alpha value is -0.870. The number of halogens is 3. The number of hydrogen-bond acceptors (Lipinski definition) is 2. The molecule has 84 valence electrons. The van der Waals surface area contributed by atoms with Gasteiger partial charge in [-0.15, -0.1) is 0 Å². The van der Waals surface area contributed by atoms with Crippen molar-refractivity contribution < 1.29 is 13.5 Å². The molecule has 0 unspecified atom stereocenters. The third kappa shape index (κ3) is 2.58. The zero-order valence-electron chi connectivity index (χ0n) is 8.53. The van der Waals surface area contributed by atoms with E-state index in [0.717, 1.165) is 6.07 Å². The molecule has 0 heterocycles. The van der Waals surface area contributed by atoms with Crippen LogP contribution < -0.4 is 10.1 Å². The summed E-state index contributed by atoms with van der Waals surface area (Å²) >= 11 is 5.62. The van der Waals surface area contributed by atoms with E-state index in [1.165, 1.54) is 7.11 Å². The molecule has 5 heteroatoms. The highest BCUT2D eigenvalue weighted by atomic mass is 35.5. The van der Waals surface area contributed by atoms with Gasteiger partial charge in [0.15, 0.2) is 11.6 Å². The molecule has 0 aliphatic rings. The number of methoxy groups -OCH3 is 1. The summed E-state index contributed by atoms with van der Waals surface area (Å²) < 4.78 is 31.1. The van der Waals surface area contributed by atoms with Crippen LogP contribution in [0.4, 0.5) is 8.78 Å². The minimum absolute atomic E-state index is 0.200. The zero-order chi connectivity index (χ0) is 11.4. The predicted molar refractivity (Wildman–Crippen MR) is 55.6 cm³/mol. The molecule has 0 fully saturated rings. The van der Waals surface area contributed by atoms with E-state index in [1.807, 2.05) is 0 Å². The summed E-state index contributed by atoms with van der Waals surface area (Å²) in [5.74, 6) is -1.82. The fourth-order valence-electron chi connectivity index (χ4n) is 1.29. The molecule has 0 bridgehead atoms. The molecule has 0 aliphatic carbocycles. The molecule has 0 radical (unpaired) electrons. The Labute approximate surface area is 92.2 Å². The maximum atomic E-state index is 13.1. The number of rotatable bonds is 4. The van der Waals surface area contributed by atoms with Gasteiger partial charge in [-0.05, 0) is 26.1 Å². The lowest BCUT2D eigenvalue weighted by molar-refractivity contribution is 0.401. The molecule has 1 aromatic rings. The Morgan fingerprint density at radius 2 is 2.13 bits per heavy atom. The average Bonchev–Trinajstić information content (AvgIpc) is 2.23. The smallest absolute Gasteiger partial charge is 0.181 e. The topological polar surface area (TPSA) is 21.3 Å². The second-order valence-corrected chi connectivity index (χ2v) is 3.41. The maximum Gasteiger partial charge on any atom is 0.181 e. The summed E-state index contributed by atoms with van der Waals surface area (Å²) in [4.78, 5) is 0. The summed E-state index contributed by atoms with van der Waals surface area (Å²) in [5, 5.41) is 2.60. The molecule has 15 heavy (non-hydrogen) atoms. The van der Waals surface area contributed by atoms with Gasteiger partial charge in [-0.3, -0.25) is 0 Å². The van der Waals surface area contributed by atoms with Crippen molar-refractivity contribution in [1.29, 1.82) is 0 Å². The molecule has 0 spiro atoms. The van der Waals surface area contributed by atoms with Crippen LogP contribution in [0.5, 0.6) is 5.75 Å². The van der Waals surface area contributed by atoms with E-state index in [-0.39, 0.29) is 10.8 Å². The number of benzene rings is 1. The fourth-order valence-corrected chi connectivity index (χ4v) is 1.58. The highest BCUT2D eigenvalue weighted by Crippen LogP contribution is 2.33. The molecule has 1 aromatic carbocycles. The lowest BCUT2D eigenvalue weighted by Crippen LogP contribution is -2.11. The average molecular weight is 236 g/mol. The number of nitrogens with one attached hydrogen (secondary N) is 1. The van der Waals surface area contributed by atoms with Crippen LogP contribution in [0.1, 0.15) is 5.56 Å². The molecule has 0 amide bonds. The summed E-state index contributed by atoms with van der Waals surface area (Å²) in [6, 6.07) is 1.11. The van der Waals surface area contributed by atoms with Gasteiger partial charge < -0.3 is 10.1 Å².